The Labute approximate surface area is 159 Å². The number of methoxy groups -OCH3 is 1. The highest BCUT2D eigenvalue weighted by molar-refractivity contribution is 5.91. The van der Waals surface area contributed by atoms with E-state index < -0.39 is 11.5 Å². The van der Waals surface area contributed by atoms with Crippen LogP contribution in [0.5, 0.6) is 17.2 Å². The van der Waals surface area contributed by atoms with Crippen molar-refractivity contribution in [1.82, 2.24) is 0 Å². The normalized spacial score (nSPS) is 15.7. The van der Waals surface area contributed by atoms with Crippen molar-refractivity contribution >= 4 is 11.0 Å². The van der Waals surface area contributed by atoms with Gasteiger partial charge in [-0.1, -0.05) is 12.1 Å². The van der Waals surface area contributed by atoms with Crippen LogP contribution in [0.1, 0.15) is 22.6 Å². The van der Waals surface area contributed by atoms with E-state index in [2.05, 4.69) is 6.07 Å². The molecule has 0 saturated carbocycles. The minimum atomic E-state index is -0.667. The highest BCUT2D eigenvalue weighted by atomic mass is 16.5. The number of ether oxygens (including phenoxy) is 2. The predicted octanol–water partition coefficient (Wildman–Crippen LogP) is 3.03. The molecule has 1 atom stereocenters. The minimum Gasteiger partial charge on any atom is -0.507 e. The van der Waals surface area contributed by atoms with Crippen molar-refractivity contribution in [3.63, 3.8) is 0 Å². The first-order chi connectivity index (χ1) is 13.4. The molecule has 2 aromatic carbocycles. The van der Waals surface area contributed by atoms with Crippen LogP contribution in [0.3, 0.4) is 0 Å². The summed E-state index contributed by atoms with van der Waals surface area (Å²) in [5.74, 6) is -0.0337. The molecule has 0 radical (unpaired) electrons. The molecule has 0 bridgehead atoms. The van der Waals surface area contributed by atoms with E-state index in [9.17, 15) is 15.2 Å². The number of nitriles is 1. The number of phenols is 1. The molecular formula is C21H16N2O5. The van der Waals surface area contributed by atoms with Crippen molar-refractivity contribution in [2.75, 3.05) is 7.11 Å². The van der Waals surface area contributed by atoms with Gasteiger partial charge in [-0.15, -0.1) is 0 Å². The topological polar surface area (TPSA) is 119 Å². The largest absolute Gasteiger partial charge is 0.507 e. The molecular weight excluding hydrogens is 360 g/mol. The van der Waals surface area contributed by atoms with E-state index in [1.54, 1.807) is 32.2 Å². The van der Waals surface area contributed by atoms with Gasteiger partial charge < -0.3 is 24.7 Å². The van der Waals surface area contributed by atoms with Gasteiger partial charge in [-0.3, -0.25) is 0 Å². The highest BCUT2D eigenvalue weighted by Crippen LogP contribution is 2.50. The fraction of sp³-hybridized carbons (Fsp3) is 0.143. The average molecular weight is 376 g/mol. The maximum Gasteiger partial charge on any atom is 0.336 e. The molecule has 140 valence electrons. The van der Waals surface area contributed by atoms with Gasteiger partial charge in [-0.2, -0.15) is 5.26 Å². The molecule has 7 heteroatoms. The lowest BCUT2D eigenvalue weighted by Crippen LogP contribution is -2.21. The summed E-state index contributed by atoms with van der Waals surface area (Å²) in [7, 11) is 1.54. The lowest BCUT2D eigenvalue weighted by Gasteiger charge is -2.28. The molecule has 3 N–H and O–H groups in total. The van der Waals surface area contributed by atoms with E-state index in [4.69, 9.17) is 19.6 Å². The summed E-state index contributed by atoms with van der Waals surface area (Å²) in [5, 5.41) is 21.0. The van der Waals surface area contributed by atoms with E-state index in [1.807, 2.05) is 6.07 Å². The highest BCUT2D eigenvalue weighted by Gasteiger charge is 2.35. The Morgan fingerprint density at radius 2 is 2.07 bits per heavy atom. The van der Waals surface area contributed by atoms with Crippen LogP contribution in [-0.4, -0.2) is 12.2 Å². The molecule has 3 aromatic rings. The van der Waals surface area contributed by atoms with Crippen molar-refractivity contribution in [2.24, 2.45) is 5.73 Å². The molecule has 0 unspecified atom stereocenters. The second-order valence-electron chi connectivity index (χ2n) is 6.46. The quantitative estimate of drug-likeness (QED) is 0.660. The molecule has 28 heavy (non-hydrogen) atoms. The van der Waals surface area contributed by atoms with Crippen LogP contribution >= 0.6 is 0 Å². The molecule has 1 aliphatic rings. The van der Waals surface area contributed by atoms with E-state index in [1.165, 1.54) is 12.1 Å². The van der Waals surface area contributed by atoms with Gasteiger partial charge in [-0.25, -0.2) is 4.79 Å². The molecule has 2 heterocycles. The van der Waals surface area contributed by atoms with Crippen LogP contribution in [0, 0.1) is 18.3 Å². The smallest absolute Gasteiger partial charge is 0.336 e. The van der Waals surface area contributed by atoms with Crippen LogP contribution < -0.4 is 20.8 Å². The summed E-state index contributed by atoms with van der Waals surface area (Å²) < 4.78 is 16.2. The summed E-state index contributed by atoms with van der Waals surface area (Å²) in [5.41, 5.74) is 7.56. The van der Waals surface area contributed by atoms with Crippen LogP contribution in [0.2, 0.25) is 0 Å². The number of rotatable bonds is 2. The summed E-state index contributed by atoms with van der Waals surface area (Å²) in [6, 6.07) is 11.9. The Balaban J connectivity index is 2.10. The van der Waals surface area contributed by atoms with Crippen molar-refractivity contribution in [1.29, 1.82) is 5.26 Å². The summed E-state index contributed by atoms with van der Waals surface area (Å²) in [4.78, 5) is 11.7. The van der Waals surface area contributed by atoms with Crippen LogP contribution in [-0.2, 0) is 0 Å². The van der Waals surface area contributed by atoms with Gasteiger partial charge in [0.1, 0.15) is 34.5 Å². The third-order valence-electron chi connectivity index (χ3n) is 4.80. The molecule has 0 aliphatic carbocycles. The van der Waals surface area contributed by atoms with Crippen molar-refractivity contribution in [3.05, 3.63) is 75.0 Å². The number of benzene rings is 2. The van der Waals surface area contributed by atoms with Crippen LogP contribution in [0.4, 0.5) is 0 Å². The van der Waals surface area contributed by atoms with E-state index in [0.29, 0.717) is 27.8 Å². The molecule has 7 nitrogen and oxygen atoms in total. The number of hydrogen-bond donors (Lipinski definition) is 2. The second kappa shape index (κ2) is 6.35. The molecule has 0 saturated heterocycles. The first kappa shape index (κ1) is 17.5. The van der Waals surface area contributed by atoms with Gasteiger partial charge in [0.05, 0.1) is 24.0 Å². The number of nitrogens with two attached hydrogens (primary N) is 1. The molecule has 0 amide bonds. The van der Waals surface area contributed by atoms with Crippen LogP contribution in [0.25, 0.3) is 11.0 Å². The Hall–Kier alpha value is -3.92. The summed E-state index contributed by atoms with van der Waals surface area (Å²) in [6.07, 6.45) is 0. The maximum absolute atomic E-state index is 11.7. The Morgan fingerprint density at radius 3 is 2.79 bits per heavy atom. The molecule has 1 aliphatic heterocycles. The van der Waals surface area contributed by atoms with Gasteiger partial charge in [0.25, 0.3) is 0 Å². The van der Waals surface area contributed by atoms with Crippen LogP contribution in [0.15, 0.2) is 57.1 Å². The van der Waals surface area contributed by atoms with Crippen molar-refractivity contribution in [3.8, 4) is 23.3 Å². The fourth-order valence-electron chi connectivity index (χ4n) is 3.59. The van der Waals surface area contributed by atoms with E-state index in [0.717, 1.165) is 0 Å². The third-order valence-corrected chi connectivity index (χ3v) is 4.80. The maximum atomic E-state index is 11.7. The number of nitrogens with zero attached hydrogens (tertiary/aromatic N) is 1. The van der Waals surface area contributed by atoms with Gasteiger partial charge in [-0.05, 0) is 30.2 Å². The van der Waals surface area contributed by atoms with Crippen molar-refractivity contribution in [2.45, 2.75) is 12.8 Å². The summed E-state index contributed by atoms with van der Waals surface area (Å²) in [6.45, 7) is 1.74. The fourth-order valence-corrected chi connectivity index (χ4v) is 3.59. The SMILES string of the molecule is COc1cccc([C@@H]2C(C#N)=C(N)Oc3c2c(O)cc2oc(=O)cc(C)c32)c1. The third kappa shape index (κ3) is 2.55. The molecule has 1 aromatic heterocycles. The summed E-state index contributed by atoms with van der Waals surface area (Å²) >= 11 is 0. The van der Waals surface area contributed by atoms with Gasteiger partial charge in [0.15, 0.2) is 0 Å². The standard InChI is InChI=1S/C21H16N2O5/c1-10-6-16(25)27-15-8-14(24)19-18(11-4-3-5-12(7-11)26-2)13(9-22)21(23)28-20(19)17(10)15/h3-8,18,24H,23H2,1-2H3/t18-/m1/s1. The number of aryl methyl sites for hydroxylation is 1. The van der Waals surface area contributed by atoms with Gasteiger partial charge in [0, 0.05) is 12.1 Å². The first-order valence-corrected chi connectivity index (χ1v) is 8.46. The van der Waals surface area contributed by atoms with E-state index >= 15 is 0 Å². The zero-order valence-electron chi connectivity index (χ0n) is 15.1. The average Bonchev–Trinajstić information content (AvgIpc) is 2.66. The zero-order chi connectivity index (χ0) is 20.0. The number of fused-ring (bicyclic) bond motifs is 3. The van der Waals surface area contributed by atoms with E-state index in [-0.39, 0.29) is 28.5 Å². The number of allylic oxidation sites excluding steroid dienone is 1. The second-order valence-corrected chi connectivity index (χ2v) is 6.46. The number of phenolic OH excluding ortho intramolecular Hbond substituents is 1. The minimum absolute atomic E-state index is 0.0691. The molecule has 0 fully saturated rings. The first-order valence-electron chi connectivity index (χ1n) is 8.46. The Morgan fingerprint density at radius 1 is 1.29 bits per heavy atom. The lowest BCUT2D eigenvalue weighted by molar-refractivity contribution is 0.384. The predicted molar refractivity (Wildman–Crippen MR) is 101 cm³/mol. The van der Waals surface area contributed by atoms with Gasteiger partial charge in [0.2, 0.25) is 5.88 Å². The van der Waals surface area contributed by atoms with Gasteiger partial charge >= 0.3 is 5.63 Å². The molecule has 4 rings (SSSR count). The zero-order valence-corrected chi connectivity index (χ0v) is 15.1. The number of aromatic hydroxyl groups is 1. The Bertz CT molecular complexity index is 1250. The lowest BCUT2D eigenvalue weighted by atomic mass is 9.82. The monoisotopic (exact) mass is 376 g/mol. The molecule has 0 spiro atoms. The number of hydrogen-bond acceptors (Lipinski definition) is 7. The van der Waals surface area contributed by atoms with Crippen molar-refractivity contribution < 1.29 is 19.0 Å². The Kier molecular flexibility index (Phi) is 3.97.